The second-order valence-electron chi connectivity index (χ2n) is 6.16. The molecule has 0 radical (unpaired) electrons. The van der Waals surface area contributed by atoms with Crippen LogP contribution in [0.4, 0.5) is 10.5 Å². The topological polar surface area (TPSA) is 67.4 Å². The lowest BCUT2D eigenvalue weighted by Crippen LogP contribution is -2.45. The van der Waals surface area contributed by atoms with Crippen molar-refractivity contribution in [3.63, 3.8) is 0 Å². The fraction of sp³-hybridized carbons (Fsp3) is 0.333. The zero-order chi connectivity index (χ0) is 18.8. The molecule has 1 atom stereocenters. The molecule has 2 N–H and O–H groups in total. The van der Waals surface area contributed by atoms with E-state index in [4.69, 9.17) is 4.74 Å². The number of unbranched alkanes of at least 4 members (excludes halogenated alkanes) is 1. The maximum Gasteiger partial charge on any atom is 0.328 e. The van der Waals surface area contributed by atoms with Crippen molar-refractivity contribution in [3.8, 4) is 0 Å². The van der Waals surface area contributed by atoms with Gasteiger partial charge in [-0.2, -0.15) is 0 Å². The molecule has 0 aliphatic heterocycles. The molecule has 26 heavy (non-hydrogen) atoms. The van der Waals surface area contributed by atoms with Crippen LogP contribution in [0.5, 0.6) is 0 Å². The molecular weight excluding hydrogens is 328 g/mol. The van der Waals surface area contributed by atoms with Crippen molar-refractivity contribution in [2.45, 2.75) is 38.6 Å². The molecule has 138 valence electrons. The average molecular weight is 354 g/mol. The van der Waals surface area contributed by atoms with E-state index in [1.54, 1.807) is 0 Å². The van der Waals surface area contributed by atoms with E-state index in [0.29, 0.717) is 12.1 Å². The first-order valence-electron chi connectivity index (χ1n) is 8.90. The first kappa shape index (κ1) is 19.5. The van der Waals surface area contributed by atoms with Gasteiger partial charge in [0.2, 0.25) is 0 Å². The van der Waals surface area contributed by atoms with Crippen molar-refractivity contribution in [2.75, 3.05) is 12.4 Å². The summed E-state index contributed by atoms with van der Waals surface area (Å²) in [4.78, 5) is 24.2. The van der Waals surface area contributed by atoms with Crippen molar-refractivity contribution in [2.24, 2.45) is 0 Å². The van der Waals surface area contributed by atoms with E-state index in [0.717, 1.165) is 24.8 Å². The van der Waals surface area contributed by atoms with E-state index in [-0.39, 0.29) is 0 Å². The maximum absolute atomic E-state index is 12.3. The Kier molecular flexibility index (Phi) is 7.68. The smallest absolute Gasteiger partial charge is 0.328 e. The summed E-state index contributed by atoms with van der Waals surface area (Å²) < 4.78 is 4.81. The lowest BCUT2D eigenvalue weighted by molar-refractivity contribution is -0.142. The number of hydrogen-bond acceptors (Lipinski definition) is 3. The Labute approximate surface area is 154 Å². The largest absolute Gasteiger partial charge is 0.467 e. The van der Waals surface area contributed by atoms with Gasteiger partial charge in [0.1, 0.15) is 6.04 Å². The third-order valence-corrected chi connectivity index (χ3v) is 4.10. The van der Waals surface area contributed by atoms with Crippen LogP contribution in [0.1, 0.15) is 30.9 Å². The summed E-state index contributed by atoms with van der Waals surface area (Å²) in [5, 5.41) is 5.45. The van der Waals surface area contributed by atoms with Crippen molar-refractivity contribution < 1.29 is 14.3 Å². The third-order valence-electron chi connectivity index (χ3n) is 4.10. The second-order valence-corrected chi connectivity index (χ2v) is 6.16. The van der Waals surface area contributed by atoms with E-state index < -0.39 is 18.0 Å². The monoisotopic (exact) mass is 354 g/mol. The zero-order valence-electron chi connectivity index (χ0n) is 15.3. The second kappa shape index (κ2) is 10.2. The number of hydrogen-bond donors (Lipinski definition) is 2. The molecule has 2 rings (SSSR count). The summed E-state index contributed by atoms with van der Waals surface area (Å²) in [5.41, 5.74) is 2.88. The first-order chi connectivity index (χ1) is 12.6. The van der Waals surface area contributed by atoms with Crippen LogP contribution in [0.25, 0.3) is 0 Å². The highest BCUT2D eigenvalue weighted by molar-refractivity contribution is 5.92. The van der Waals surface area contributed by atoms with Gasteiger partial charge in [0.25, 0.3) is 0 Å². The summed E-state index contributed by atoms with van der Waals surface area (Å²) >= 11 is 0. The van der Waals surface area contributed by atoms with E-state index in [2.05, 4.69) is 17.6 Å². The number of benzene rings is 2. The molecule has 5 nitrogen and oxygen atoms in total. The van der Waals surface area contributed by atoms with Gasteiger partial charge in [0, 0.05) is 12.1 Å². The average Bonchev–Trinajstić information content (AvgIpc) is 2.67. The van der Waals surface area contributed by atoms with Crippen LogP contribution in [0.15, 0.2) is 54.6 Å². The standard InChI is InChI=1S/C21H26N2O3/c1-3-4-8-16-11-13-18(14-12-16)22-21(25)23-19(20(24)26-2)15-17-9-6-5-7-10-17/h5-7,9-14,19H,3-4,8,15H2,1-2H3,(H2,22,23,25)/t19-/m0/s1. The number of carbonyl (C=O) groups excluding carboxylic acids is 2. The number of anilines is 1. The molecule has 0 aromatic heterocycles. The Morgan fingerprint density at radius 3 is 2.31 bits per heavy atom. The van der Waals surface area contributed by atoms with E-state index in [1.807, 2.05) is 54.6 Å². The Morgan fingerprint density at radius 1 is 1.00 bits per heavy atom. The molecule has 0 heterocycles. The quantitative estimate of drug-likeness (QED) is 0.706. The highest BCUT2D eigenvalue weighted by Crippen LogP contribution is 2.12. The summed E-state index contributed by atoms with van der Waals surface area (Å²) in [5.74, 6) is -0.473. The number of esters is 1. The Bertz CT molecular complexity index is 699. The summed E-state index contributed by atoms with van der Waals surface area (Å²) in [6.07, 6.45) is 3.70. The van der Waals surface area contributed by atoms with Gasteiger partial charge < -0.3 is 15.4 Å². The summed E-state index contributed by atoms with van der Waals surface area (Å²) in [6, 6.07) is 16.1. The molecule has 0 bridgehead atoms. The highest BCUT2D eigenvalue weighted by atomic mass is 16.5. The molecule has 0 fully saturated rings. The van der Waals surface area contributed by atoms with Crippen LogP contribution in [0.3, 0.4) is 0 Å². The van der Waals surface area contributed by atoms with Crippen molar-refractivity contribution in [1.29, 1.82) is 0 Å². The normalized spacial score (nSPS) is 11.5. The minimum Gasteiger partial charge on any atom is -0.467 e. The number of amides is 2. The van der Waals surface area contributed by atoms with Gasteiger partial charge in [-0.15, -0.1) is 0 Å². The Balaban J connectivity index is 1.95. The number of nitrogens with one attached hydrogen (secondary N) is 2. The van der Waals surface area contributed by atoms with Gasteiger partial charge in [-0.3, -0.25) is 0 Å². The van der Waals surface area contributed by atoms with Crippen LogP contribution < -0.4 is 10.6 Å². The molecule has 5 heteroatoms. The minimum atomic E-state index is -0.744. The van der Waals surface area contributed by atoms with Gasteiger partial charge >= 0.3 is 12.0 Å². The lowest BCUT2D eigenvalue weighted by atomic mass is 10.1. The van der Waals surface area contributed by atoms with Crippen molar-refractivity contribution >= 4 is 17.7 Å². The summed E-state index contributed by atoms with van der Waals surface area (Å²) in [7, 11) is 1.31. The number of urea groups is 1. The zero-order valence-corrected chi connectivity index (χ0v) is 15.3. The van der Waals surface area contributed by atoms with Crippen LogP contribution in [-0.4, -0.2) is 25.2 Å². The first-order valence-corrected chi connectivity index (χ1v) is 8.90. The van der Waals surface area contributed by atoms with Gasteiger partial charge in [-0.1, -0.05) is 55.8 Å². The molecule has 2 amide bonds. The van der Waals surface area contributed by atoms with Gasteiger partial charge in [-0.25, -0.2) is 9.59 Å². The molecule has 0 aliphatic carbocycles. The molecule has 0 saturated carbocycles. The van der Waals surface area contributed by atoms with E-state index in [9.17, 15) is 9.59 Å². The SMILES string of the molecule is CCCCc1ccc(NC(=O)N[C@@H](Cc2ccccc2)C(=O)OC)cc1. The predicted molar refractivity (Wildman–Crippen MR) is 103 cm³/mol. The summed E-state index contributed by atoms with van der Waals surface area (Å²) in [6.45, 7) is 2.16. The van der Waals surface area contributed by atoms with E-state index in [1.165, 1.54) is 12.7 Å². The number of rotatable bonds is 8. The Morgan fingerprint density at radius 2 is 1.69 bits per heavy atom. The fourth-order valence-corrected chi connectivity index (χ4v) is 2.65. The number of carbonyl (C=O) groups is 2. The lowest BCUT2D eigenvalue weighted by Gasteiger charge is -2.17. The molecule has 2 aromatic rings. The van der Waals surface area contributed by atoms with Gasteiger partial charge in [0.15, 0.2) is 0 Å². The fourth-order valence-electron chi connectivity index (χ4n) is 2.65. The molecule has 0 saturated heterocycles. The number of aryl methyl sites for hydroxylation is 1. The molecule has 0 aliphatic rings. The van der Waals surface area contributed by atoms with Crippen LogP contribution >= 0.6 is 0 Å². The van der Waals surface area contributed by atoms with Crippen molar-refractivity contribution in [3.05, 3.63) is 65.7 Å². The van der Waals surface area contributed by atoms with E-state index >= 15 is 0 Å². The third kappa shape index (κ3) is 6.24. The van der Waals surface area contributed by atoms with Crippen LogP contribution in [0, 0.1) is 0 Å². The highest BCUT2D eigenvalue weighted by Gasteiger charge is 2.21. The maximum atomic E-state index is 12.3. The Hall–Kier alpha value is -2.82. The molecule has 0 unspecified atom stereocenters. The number of ether oxygens (including phenoxy) is 1. The minimum absolute atomic E-state index is 0.372. The van der Waals surface area contributed by atoms with Crippen LogP contribution in [-0.2, 0) is 22.4 Å². The van der Waals surface area contributed by atoms with Crippen LogP contribution in [0.2, 0.25) is 0 Å². The molecule has 0 spiro atoms. The van der Waals surface area contributed by atoms with Crippen molar-refractivity contribution in [1.82, 2.24) is 5.32 Å². The molecular formula is C21H26N2O3. The number of methoxy groups -OCH3 is 1. The molecule has 2 aromatic carbocycles. The van der Waals surface area contributed by atoms with Gasteiger partial charge in [-0.05, 0) is 36.1 Å². The van der Waals surface area contributed by atoms with Gasteiger partial charge in [0.05, 0.1) is 7.11 Å². The predicted octanol–water partition coefficient (Wildman–Crippen LogP) is 3.94.